The number of ketones is 2. The highest BCUT2D eigenvalue weighted by Gasteiger charge is 2.64. The van der Waals surface area contributed by atoms with Gasteiger partial charge in [-0.15, -0.1) is 6.42 Å². The largest absolute Gasteiger partial charge is 0.300 e. The first-order valence-corrected chi connectivity index (χ1v) is 9.93. The van der Waals surface area contributed by atoms with E-state index >= 15 is 0 Å². The zero-order valence-electron chi connectivity index (χ0n) is 15.1. The van der Waals surface area contributed by atoms with E-state index in [4.69, 9.17) is 6.42 Å². The molecule has 0 aromatic heterocycles. The summed E-state index contributed by atoms with van der Waals surface area (Å²) in [5.41, 5.74) is -0.534. The molecule has 0 heterocycles. The molecule has 2 heteroatoms. The molecule has 4 fully saturated rings. The Morgan fingerprint density at radius 2 is 1.88 bits per heavy atom. The molecular weight excluding hydrogens is 296 g/mol. The summed E-state index contributed by atoms with van der Waals surface area (Å²) in [6.07, 6.45) is 15.5. The predicted molar refractivity (Wildman–Crippen MR) is 94.1 cm³/mol. The van der Waals surface area contributed by atoms with Crippen molar-refractivity contribution >= 4 is 11.6 Å². The molecule has 0 aromatic rings. The molecule has 0 bridgehead atoms. The van der Waals surface area contributed by atoms with E-state index in [2.05, 4.69) is 12.8 Å². The number of hydrogen-bond acceptors (Lipinski definition) is 2. The van der Waals surface area contributed by atoms with E-state index in [-0.39, 0.29) is 11.2 Å². The summed E-state index contributed by atoms with van der Waals surface area (Å²) in [5.74, 6) is 7.18. The number of hydrogen-bond donors (Lipinski definition) is 0. The minimum atomic E-state index is -0.526. The molecule has 2 nitrogen and oxygen atoms in total. The van der Waals surface area contributed by atoms with Gasteiger partial charge in [-0.05, 0) is 86.9 Å². The van der Waals surface area contributed by atoms with Crippen LogP contribution in [0, 0.1) is 52.8 Å². The second kappa shape index (κ2) is 5.45. The molecule has 4 aliphatic carbocycles. The Bertz CT molecular complexity index is 614. The van der Waals surface area contributed by atoms with Gasteiger partial charge < -0.3 is 0 Å². The molecule has 4 rings (SSSR count). The lowest BCUT2D eigenvalue weighted by molar-refractivity contribution is -0.137. The first-order chi connectivity index (χ1) is 11.4. The molecule has 0 saturated heterocycles. The average molecular weight is 326 g/mol. The maximum atomic E-state index is 12.5. The van der Waals surface area contributed by atoms with E-state index in [0.717, 1.165) is 56.3 Å². The topological polar surface area (TPSA) is 34.1 Å². The quantitative estimate of drug-likeness (QED) is 0.669. The molecule has 0 aromatic carbocycles. The number of carbonyl (C=O) groups is 2. The van der Waals surface area contributed by atoms with Crippen molar-refractivity contribution in [3.8, 4) is 12.3 Å². The zero-order valence-corrected chi connectivity index (χ0v) is 15.1. The fourth-order valence-electron chi connectivity index (χ4n) is 7.62. The van der Waals surface area contributed by atoms with Crippen molar-refractivity contribution < 1.29 is 9.59 Å². The lowest BCUT2D eigenvalue weighted by Gasteiger charge is -2.56. The second-order valence-electron chi connectivity index (χ2n) is 9.32. The van der Waals surface area contributed by atoms with Crippen LogP contribution in [-0.2, 0) is 9.59 Å². The van der Waals surface area contributed by atoms with E-state index in [1.54, 1.807) is 6.92 Å². The molecule has 7 atom stereocenters. The number of carbonyl (C=O) groups excluding carboxylic acids is 2. The van der Waals surface area contributed by atoms with Gasteiger partial charge in [0.25, 0.3) is 0 Å². The summed E-state index contributed by atoms with van der Waals surface area (Å²) in [5, 5.41) is 0. The van der Waals surface area contributed by atoms with E-state index in [1.165, 1.54) is 19.3 Å². The summed E-state index contributed by atoms with van der Waals surface area (Å²) in [6, 6.07) is 0. The Morgan fingerprint density at radius 3 is 2.58 bits per heavy atom. The molecule has 0 N–H and O–H groups in total. The van der Waals surface area contributed by atoms with Crippen LogP contribution in [0.1, 0.15) is 71.6 Å². The van der Waals surface area contributed by atoms with Gasteiger partial charge in [0.2, 0.25) is 0 Å². The first kappa shape index (κ1) is 16.4. The third-order valence-electron chi connectivity index (χ3n) is 8.81. The smallest absolute Gasteiger partial charge is 0.148 e. The summed E-state index contributed by atoms with van der Waals surface area (Å²) < 4.78 is 0. The lowest BCUT2D eigenvalue weighted by atomic mass is 9.47. The van der Waals surface area contributed by atoms with Gasteiger partial charge in [0.15, 0.2) is 0 Å². The number of Topliss-reactive ketones (excluding diaryl/α,β-unsaturated/α-hetero) is 2. The van der Waals surface area contributed by atoms with Crippen LogP contribution in [0.3, 0.4) is 0 Å². The molecule has 4 aliphatic rings. The van der Waals surface area contributed by atoms with Crippen LogP contribution in [0.2, 0.25) is 0 Å². The second-order valence-corrected chi connectivity index (χ2v) is 9.32. The van der Waals surface area contributed by atoms with Crippen molar-refractivity contribution in [2.75, 3.05) is 0 Å². The van der Waals surface area contributed by atoms with Gasteiger partial charge in [-0.3, -0.25) is 9.59 Å². The van der Waals surface area contributed by atoms with Crippen molar-refractivity contribution in [1.82, 2.24) is 0 Å². The minimum absolute atomic E-state index is 0.00786. The molecule has 130 valence electrons. The van der Waals surface area contributed by atoms with E-state index in [9.17, 15) is 9.59 Å². The highest BCUT2D eigenvalue weighted by Crippen LogP contribution is 2.68. The van der Waals surface area contributed by atoms with Crippen LogP contribution >= 0.6 is 0 Å². The van der Waals surface area contributed by atoms with Gasteiger partial charge in [0.1, 0.15) is 11.6 Å². The lowest BCUT2D eigenvalue weighted by Crippen LogP contribution is -2.52. The van der Waals surface area contributed by atoms with Crippen molar-refractivity contribution in [1.29, 1.82) is 0 Å². The molecule has 0 amide bonds. The van der Waals surface area contributed by atoms with Crippen LogP contribution < -0.4 is 0 Å². The van der Waals surface area contributed by atoms with Crippen LogP contribution in [0.25, 0.3) is 0 Å². The fraction of sp³-hybridized carbons (Fsp3) is 0.818. The third kappa shape index (κ3) is 1.97. The molecule has 0 unspecified atom stereocenters. The molecule has 0 aliphatic heterocycles. The summed E-state index contributed by atoms with van der Waals surface area (Å²) in [4.78, 5) is 24.4. The van der Waals surface area contributed by atoms with Crippen LogP contribution in [0.4, 0.5) is 0 Å². The Balaban J connectivity index is 1.64. The van der Waals surface area contributed by atoms with Gasteiger partial charge in [-0.25, -0.2) is 0 Å². The van der Waals surface area contributed by atoms with Gasteiger partial charge in [0, 0.05) is 12.8 Å². The Morgan fingerprint density at radius 1 is 1.08 bits per heavy atom. The van der Waals surface area contributed by atoms with Crippen LogP contribution in [-0.4, -0.2) is 11.6 Å². The minimum Gasteiger partial charge on any atom is -0.300 e. The van der Waals surface area contributed by atoms with Crippen LogP contribution in [0.15, 0.2) is 0 Å². The molecule has 0 radical (unpaired) electrons. The number of fused-ring (bicyclic) bond motifs is 5. The van der Waals surface area contributed by atoms with Gasteiger partial charge in [0.05, 0.1) is 5.41 Å². The van der Waals surface area contributed by atoms with E-state index in [1.807, 2.05) is 0 Å². The molecule has 0 spiro atoms. The highest BCUT2D eigenvalue weighted by atomic mass is 16.1. The summed E-state index contributed by atoms with van der Waals surface area (Å²) in [7, 11) is 0. The van der Waals surface area contributed by atoms with Crippen LogP contribution in [0.5, 0.6) is 0 Å². The normalized spacial score (nSPS) is 50.4. The highest BCUT2D eigenvalue weighted by molar-refractivity contribution is 5.87. The van der Waals surface area contributed by atoms with E-state index < -0.39 is 5.41 Å². The van der Waals surface area contributed by atoms with E-state index in [0.29, 0.717) is 17.6 Å². The zero-order chi connectivity index (χ0) is 17.1. The summed E-state index contributed by atoms with van der Waals surface area (Å²) >= 11 is 0. The van der Waals surface area contributed by atoms with Crippen molar-refractivity contribution in [3.63, 3.8) is 0 Å². The molecule has 24 heavy (non-hydrogen) atoms. The SMILES string of the molecule is C#C[C@]1(C(C)=O)CC[C@H]2[C@@H]3CC[C@H]4CC(=O)CC[C@@H]4[C@H]3CC[C@@]21C. The Kier molecular flexibility index (Phi) is 3.72. The predicted octanol–water partition coefficient (Wildman–Crippen LogP) is 4.42. The Hall–Kier alpha value is -1.10. The van der Waals surface area contributed by atoms with Gasteiger partial charge in [-0.1, -0.05) is 12.8 Å². The monoisotopic (exact) mass is 326 g/mol. The van der Waals surface area contributed by atoms with Gasteiger partial charge >= 0.3 is 0 Å². The average Bonchev–Trinajstić information content (AvgIpc) is 2.87. The maximum absolute atomic E-state index is 12.5. The van der Waals surface area contributed by atoms with Crippen molar-refractivity contribution in [2.45, 2.75) is 71.6 Å². The number of terminal acetylenes is 1. The molecular formula is C22H30O2. The molecule has 4 saturated carbocycles. The Labute approximate surface area is 146 Å². The van der Waals surface area contributed by atoms with Gasteiger partial charge in [-0.2, -0.15) is 0 Å². The number of rotatable bonds is 1. The van der Waals surface area contributed by atoms with Crippen molar-refractivity contribution in [2.24, 2.45) is 40.4 Å². The first-order valence-electron chi connectivity index (χ1n) is 9.93. The fourth-order valence-corrected chi connectivity index (χ4v) is 7.62. The van der Waals surface area contributed by atoms with Crippen molar-refractivity contribution in [3.05, 3.63) is 0 Å². The third-order valence-corrected chi connectivity index (χ3v) is 8.81. The standard InChI is InChI=1S/C22H30O2/c1-4-22(14(2)23)12-10-20-19-7-5-15-13-16(24)6-8-17(15)18(19)9-11-21(20,22)3/h1,15,17-20H,5-13H2,2-3H3/t15-,17-,18+,19+,20-,21-,22+/m0/s1. The maximum Gasteiger partial charge on any atom is 0.148 e. The summed E-state index contributed by atoms with van der Waals surface area (Å²) in [6.45, 7) is 4.03.